The molecule has 8 heteroatoms. The summed E-state index contributed by atoms with van der Waals surface area (Å²) in [5.41, 5.74) is 3.70. The van der Waals surface area contributed by atoms with Gasteiger partial charge in [-0.15, -0.1) is 0 Å². The topological polar surface area (TPSA) is 93.9 Å². The number of aromatic nitrogens is 2. The molecule has 1 aromatic carbocycles. The van der Waals surface area contributed by atoms with E-state index < -0.39 is 0 Å². The van der Waals surface area contributed by atoms with Crippen LogP contribution in [0.5, 0.6) is 0 Å². The quantitative estimate of drug-likeness (QED) is 0.480. The van der Waals surface area contributed by atoms with Crippen LogP contribution in [0.15, 0.2) is 41.5 Å². The van der Waals surface area contributed by atoms with Crippen molar-refractivity contribution in [1.82, 2.24) is 13.6 Å². The number of nitriles is 1. The Morgan fingerprint density at radius 3 is 2.29 bits per heavy atom. The van der Waals surface area contributed by atoms with E-state index in [0.29, 0.717) is 22.9 Å². The number of nitrogens with zero attached hydrogens (tertiary/aromatic N) is 4. The van der Waals surface area contributed by atoms with Crippen LogP contribution in [0.2, 0.25) is 0 Å². The molecule has 34 heavy (non-hydrogen) atoms. The molecule has 2 N–H and O–H groups in total. The SMILES string of the molecule is CC.CC(C)C.CC1=CCC([C@@H](C)Nc2nsnc2Nc2cccc(C(=O)N(C)C)c2C#N)=C1. The number of amides is 1. The fourth-order valence-corrected chi connectivity index (χ4v) is 3.45. The molecule has 1 amide bonds. The first-order chi connectivity index (χ1) is 16.1. The van der Waals surface area contributed by atoms with Gasteiger partial charge >= 0.3 is 0 Å². The van der Waals surface area contributed by atoms with Crippen molar-refractivity contribution >= 4 is 35.0 Å². The number of hydrogen-bond acceptors (Lipinski definition) is 7. The predicted molar refractivity (Wildman–Crippen MR) is 144 cm³/mol. The average molecular weight is 483 g/mol. The van der Waals surface area contributed by atoms with E-state index in [9.17, 15) is 10.1 Å². The van der Waals surface area contributed by atoms with Crippen LogP contribution in [0, 0.1) is 17.2 Å². The molecule has 184 valence electrons. The van der Waals surface area contributed by atoms with Crippen molar-refractivity contribution < 1.29 is 4.79 Å². The normalized spacial score (nSPS) is 12.7. The molecule has 0 radical (unpaired) electrons. The molecule has 2 aromatic rings. The molecule has 0 bridgehead atoms. The summed E-state index contributed by atoms with van der Waals surface area (Å²) in [6, 6.07) is 7.38. The summed E-state index contributed by atoms with van der Waals surface area (Å²) in [4.78, 5) is 13.8. The van der Waals surface area contributed by atoms with Gasteiger partial charge in [-0.2, -0.15) is 14.0 Å². The van der Waals surface area contributed by atoms with Crippen LogP contribution in [0.3, 0.4) is 0 Å². The van der Waals surface area contributed by atoms with Gasteiger partial charge in [0.1, 0.15) is 6.07 Å². The third kappa shape index (κ3) is 8.31. The highest BCUT2D eigenvalue weighted by Crippen LogP contribution is 2.29. The lowest BCUT2D eigenvalue weighted by atomic mass is 10.1. The molecule has 0 unspecified atom stereocenters. The van der Waals surface area contributed by atoms with E-state index in [2.05, 4.69) is 72.2 Å². The van der Waals surface area contributed by atoms with Crippen LogP contribution in [0.1, 0.15) is 70.8 Å². The highest BCUT2D eigenvalue weighted by molar-refractivity contribution is 6.99. The molecule has 3 rings (SSSR count). The van der Waals surface area contributed by atoms with E-state index in [0.717, 1.165) is 24.1 Å². The zero-order valence-corrected chi connectivity index (χ0v) is 22.7. The van der Waals surface area contributed by atoms with Crippen LogP contribution < -0.4 is 10.6 Å². The van der Waals surface area contributed by atoms with Crippen LogP contribution >= 0.6 is 11.7 Å². The van der Waals surface area contributed by atoms with Gasteiger partial charge < -0.3 is 15.5 Å². The summed E-state index contributed by atoms with van der Waals surface area (Å²) in [6.07, 6.45) is 5.29. The summed E-state index contributed by atoms with van der Waals surface area (Å²) in [5, 5.41) is 16.2. The first-order valence-electron chi connectivity index (χ1n) is 11.6. The zero-order valence-electron chi connectivity index (χ0n) is 21.9. The second-order valence-corrected chi connectivity index (χ2v) is 9.12. The number of allylic oxidation sites excluding steroid dienone is 3. The number of nitrogens with one attached hydrogen (secondary N) is 2. The predicted octanol–water partition coefficient (Wildman–Crippen LogP) is 6.62. The lowest BCUT2D eigenvalue weighted by molar-refractivity contribution is 0.0827. The third-order valence-electron chi connectivity index (χ3n) is 4.54. The highest BCUT2D eigenvalue weighted by atomic mass is 32.1. The Bertz CT molecular complexity index is 1040. The summed E-state index contributed by atoms with van der Waals surface area (Å²) in [5.74, 6) is 1.77. The average Bonchev–Trinajstić information content (AvgIpc) is 3.42. The molecule has 1 heterocycles. The number of hydrogen-bond donors (Lipinski definition) is 2. The molecule has 1 aliphatic carbocycles. The lowest BCUT2D eigenvalue weighted by Crippen LogP contribution is -2.23. The maximum Gasteiger partial charge on any atom is 0.254 e. The molecule has 1 aromatic heterocycles. The third-order valence-corrected chi connectivity index (χ3v) is 5.07. The van der Waals surface area contributed by atoms with E-state index in [1.807, 2.05) is 13.8 Å². The monoisotopic (exact) mass is 482 g/mol. The van der Waals surface area contributed by atoms with Crippen molar-refractivity contribution in [3.8, 4) is 6.07 Å². The first-order valence-corrected chi connectivity index (χ1v) is 12.3. The molecule has 1 aliphatic rings. The maximum atomic E-state index is 12.4. The number of anilines is 3. The Balaban J connectivity index is 0.000000872. The Morgan fingerprint density at radius 1 is 1.15 bits per heavy atom. The van der Waals surface area contributed by atoms with Crippen molar-refractivity contribution in [2.45, 2.75) is 60.9 Å². The zero-order chi connectivity index (χ0) is 25.8. The second-order valence-electron chi connectivity index (χ2n) is 8.60. The van der Waals surface area contributed by atoms with Crippen LogP contribution in [0.25, 0.3) is 0 Å². The van der Waals surface area contributed by atoms with Gasteiger partial charge in [0.2, 0.25) is 0 Å². The van der Waals surface area contributed by atoms with Gasteiger partial charge in [-0.05, 0) is 43.9 Å². The number of rotatable bonds is 6. The van der Waals surface area contributed by atoms with Crippen molar-refractivity contribution in [3.05, 3.63) is 52.6 Å². The summed E-state index contributed by atoms with van der Waals surface area (Å²) < 4.78 is 8.65. The Kier molecular flexibility index (Phi) is 12.0. The van der Waals surface area contributed by atoms with Crippen LogP contribution in [0.4, 0.5) is 17.3 Å². The van der Waals surface area contributed by atoms with Gasteiger partial charge in [0, 0.05) is 20.1 Å². The number of benzene rings is 1. The van der Waals surface area contributed by atoms with Gasteiger partial charge in [-0.3, -0.25) is 4.79 Å². The van der Waals surface area contributed by atoms with Crippen molar-refractivity contribution in [2.75, 3.05) is 24.7 Å². The van der Waals surface area contributed by atoms with Crippen LogP contribution in [-0.2, 0) is 0 Å². The molecule has 0 fully saturated rings. The number of carbonyl (C=O) groups is 1. The van der Waals surface area contributed by atoms with Gasteiger partial charge in [-0.25, -0.2) is 0 Å². The van der Waals surface area contributed by atoms with Crippen LogP contribution in [-0.4, -0.2) is 39.7 Å². The van der Waals surface area contributed by atoms with E-state index in [1.54, 1.807) is 32.3 Å². The second kappa shape index (κ2) is 14.2. The van der Waals surface area contributed by atoms with Crippen molar-refractivity contribution in [2.24, 2.45) is 5.92 Å². The Morgan fingerprint density at radius 2 is 1.76 bits per heavy atom. The Hall–Kier alpha value is -3.18. The lowest BCUT2D eigenvalue weighted by Gasteiger charge is -2.17. The molecular formula is C26H38N6OS. The van der Waals surface area contributed by atoms with Gasteiger partial charge in [0.25, 0.3) is 5.91 Å². The fraction of sp³-hybridized carbons (Fsp3) is 0.462. The summed E-state index contributed by atoms with van der Waals surface area (Å²) in [7, 11) is 3.32. The van der Waals surface area contributed by atoms with E-state index in [4.69, 9.17) is 0 Å². The van der Waals surface area contributed by atoms with E-state index in [-0.39, 0.29) is 17.5 Å². The summed E-state index contributed by atoms with van der Waals surface area (Å²) >= 11 is 1.08. The summed E-state index contributed by atoms with van der Waals surface area (Å²) in [6.45, 7) is 14.7. The fourth-order valence-electron chi connectivity index (χ4n) is 2.98. The molecule has 7 nitrogen and oxygen atoms in total. The molecule has 0 saturated heterocycles. The molecule has 0 spiro atoms. The maximum absolute atomic E-state index is 12.4. The van der Waals surface area contributed by atoms with E-state index >= 15 is 0 Å². The van der Waals surface area contributed by atoms with Crippen molar-refractivity contribution in [3.63, 3.8) is 0 Å². The standard InChI is InChI=1S/C20H22N6OS.C4H10.C2H6/c1-12-8-9-14(10-12)13(2)22-18-19(25-28-24-18)23-17-7-5-6-15(16(17)11-21)20(27)26(3)4;1-4(2)3;1-2/h5-8,10,13H,9H2,1-4H3,(H,22,24)(H,23,25);4H,1-3H3;1-2H3/t13-;;/m1../s1. The minimum atomic E-state index is -0.223. The molecular weight excluding hydrogens is 444 g/mol. The molecule has 0 aliphatic heterocycles. The minimum Gasteiger partial charge on any atom is -0.360 e. The van der Waals surface area contributed by atoms with Gasteiger partial charge in [-0.1, -0.05) is 58.4 Å². The minimum absolute atomic E-state index is 0.107. The smallest absolute Gasteiger partial charge is 0.254 e. The van der Waals surface area contributed by atoms with Gasteiger partial charge in [0.05, 0.1) is 28.5 Å². The first kappa shape index (κ1) is 28.9. The van der Waals surface area contributed by atoms with Crippen molar-refractivity contribution in [1.29, 1.82) is 5.26 Å². The Labute approximate surface area is 208 Å². The molecule has 1 atom stereocenters. The molecule has 0 saturated carbocycles. The van der Waals surface area contributed by atoms with E-state index in [1.165, 1.54) is 16.0 Å². The highest BCUT2D eigenvalue weighted by Gasteiger charge is 2.19. The van der Waals surface area contributed by atoms with Gasteiger partial charge in [0.15, 0.2) is 11.6 Å². The number of carbonyl (C=O) groups excluding carboxylic acids is 1. The largest absolute Gasteiger partial charge is 0.360 e.